The van der Waals surface area contributed by atoms with Crippen molar-refractivity contribution in [2.45, 2.75) is 44.8 Å². The second-order valence-electron chi connectivity index (χ2n) is 7.03. The molecule has 0 unspecified atom stereocenters. The average molecular weight is 386 g/mol. The summed E-state index contributed by atoms with van der Waals surface area (Å²) in [7, 11) is 0. The number of thiazole rings is 1. The number of aliphatic hydroxyl groups excluding tert-OH is 1. The van der Waals surface area contributed by atoms with Crippen LogP contribution in [0.1, 0.15) is 36.8 Å². The summed E-state index contributed by atoms with van der Waals surface area (Å²) >= 11 is 1.06. The third kappa shape index (κ3) is 3.68. The molecule has 0 bridgehead atoms. The van der Waals surface area contributed by atoms with Gasteiger partial charge in [-0.1, -0.05) is 48.4 Å². The van der Waals surface area contributed by atoms with Crippen LogP contribution in [0.4, 0.5) is 5.82 Å². The first-order valence-corrected chi connectivity index (χ1v) is 9.87. The number of aliphatic hydroxyl groups is 1. The molecule has 2 aromatic heterocycles. The highest BCUT2D eigenvalue weighted by Gasteiger charge is 2.34. The van der Waals surface area contributed by atoms with Crippen molar-refractivity contribution in [2.75, 3.05) is 11.9 Å². The molecule has 0 atom stereocenters. The number of fused-ring (bicyclic) bond motifs is 1. The monoisotopic (exact) mass is 386 g/mol. The number of H-pyrrole nitrogens is 1. The van der Waals surface area contributed by atoms with Gasteiger partial charge in [-0.3, -0.25) is 9.78 Å². The number of anilines is 1. The molecule has 1 fully saturated rings. The van der Waals surface area contributed by atoms with Gasteiger partial charge < -0.3 is 15.2 Å². The Balaban J connectivity index is 1.66. The first-order valence-electron chi connectivity index (χ1n) is 9.06. The Bertz CT molecular complexity index is 1010. The number of ether oxygens (including phenoxy) is 1. The van der Waals surface area contributed by atoms with E-state index in [4.69, 9.17) is 4.74 Å². The Labute approximate surface area is 160 Å². The van der Waals surface area contributed by atoms with Gasteiger partial charge in [0.2, 0.25) is 0 Å². The van der Waals surface area contributed by atoms with Gasteiger partial charge >= 0.3 is 10.9 Å². The van der Waals surface area contributed by atoms with Gasteiger partial charge in [0, 0.05) is 0 Å². The second kappa shape index (κ2) is 7.28. The predicted molar refractivity (Wildman–Crippen MR) is 105 cm³/mol. The van der Waals surface area contributed by atoms with Gasteiger partial charge in [-0.2, -0.15) is 9.97 Å². The summed E-state index contributed by atoms with van der Waals surface area (Å²) in [5.74, 6) is 0.541. The van der Waals surface area contributed by atoms with Crippen molar-refractivity contribution in [1.29, 1.82) is 0 Å². The molecule has 3 aromatic rings. The van der Waals surface area contributed by atoms with Crippen LogP contribution in [0.5, 0.6) is 6.01 Å². The quantitative estimate of drug-likeness (QED) is 0.602. The fraction of sp³-hybridized carbons (Fsp3) is 0.421. The van der Waals surface area contributed by atoms with E-state index in [0.29, 0.717) is 22.8 Å². The standard InChI is InChI=1S/C19H22N4O3S/c1-12-6-2-3-7-13(12)10-26-17-20-15-14(27-18(25)22-15)16(21-17)23-19(11-24)8-4-5-9-19/h2-3,6-7,24H,4-5,8-11H2,1H3,(H2,20,21,22,23,25). The lowest BCUT2D eigenvalue weighted by Gasteiger charge is -2.28. The van der Waals surface area contributed by atoms with E-state index in [9.17, 15) is 9.90 Å². The van der Waals surface area contributed by atoms with Gasteiger partial charge in [-0.15, -0.1) is 0 Å². The summed E-state index contributed by atoms with van der Waals surface area (Å²) in [6, 6.07) is 8.17. The van der Waals surface area contributed by atoms with Crippen molar-refractivity contribution < 1.29 is 9.84 Å². The van der Waals surface area contributed by atoms with Crippen LogP contribution in [0, 0.1) is 6.92 Å². The number of hydrogen-bond acceptors (Lipinski definition) is 7. The van der Waals surface area contributed by atoms with E-state index in [1.54, 1.807) is 0 Å². The summed E-state index contributed by atoms with van der Waals surface area (Å²) in [6.07, 6.45) is 3.85. The molecule has 2 heterocycles. The zero-order chi connectivity index (χ0) is 18.9. The van der Waals surface area contributed by atoms with Crippen LogP contribution >= 0.6 is 11.3 Å². The van der Waals surface area contributed by atoms with Crippen molar-refractivity contribution in [1.82, 2.24) is 15.0 Å². The van der Waals surface area contributed by atoms with E-state index in [-0.39, 0.29) is 17.5 Å². The molecular weight excluding hydrogens is 364 g/mol. The minimum absolute atomic E-state index is 0.0250. The lowest BCUT2D eigenvalue weighted by atomic mass is 9.99. The van der Waals surface area contributed by atoms with E-state index >= 15 is 0 Å². The molecule has 0 aliphatic heterocycles. The van der Waals surface area contributed by atoms with Gasteiger partial charge in [0.15, 0.2) is 11.5 Å². The molecule has 1 aliphatic carbocycles. The van der Waals surface area contributed by atoms with Gasteiger partial charge in [-0.25, -0.2) is 0 Å². The first kappa shape index (κ1) is 17.9. The van der Waals surface area contributed by atoms with Crippen molar-refractivity contribution in [2.24, 2.45) is 0 Å². The molecule has 1 aromatic carbocycles. The Kier molecular flexibility index (Phi) is 4.84. The number of aryl methyl sites for hydroxylation is 1. The van der Waals surface area contributed by atoms with E-state index < -0.39 is 5.54 Å². The number of rotatable bonds is 6. The maximum Gasteiger partial charge on any atom is 0.320 e. The third-order valence-corrected chi connectivity index (χ3v) is 6.00. The van der Waals surface area contributed by atoms with Crippen LogP contribution in [0.3, 0.4) is 0 Å². The first-order chi connectivity index (χ1) is 13.1. The van der Waals surface area contributed by atoms with Gasteiger partial charge in [-0.05, 0) is 30.9 Å². The molecule has 1 aliphatic rings. The summed E-state index contributed by atoms with van der Waals surface area (Å²) in [6.45, 7) is 2.39. The number of aromatic nitrogens is 3. The Morgan fingerprint density at radius 3 is 2.81 bits per heavy atom. The highest BCUT2D eigenvalue weighted by atomic mass is 32.1. The number of benzene rings is 1. The molecule has 3 N–H and O–H groups in total. The summed E-state index contributed by atoms with van der Waals surface area (Å²) < 4.78 is 6.48. The van der Waals surface area contributed by atoms with E-state index in [2.05, 4.69) is 20.3 Å². The fourth-order valence-corrected chi connectivity index (χ4v) is 4.24. The van der Waals surface area contributed by atoms with Crippen molar-refractivity contribution in [3.8, 4) is 6.01 Å². The van der Waals surface area contributed by atoms with Gasteiger partial charge in [0.1, 0.15) is 11.3 Å². The van der Waals surface area contributed by atoms with Crippen LogP contribution in [-0.4, -0.2) is 32.2 Å². The largest absolute Gasteiger partial charge is 0.458 e. The maximum atomic E-state index is 11.8. The SMILES string of the molecule is Cc1ccccc1COc1nc(NC2(CO)CCCC2)c2sc(=O)[nH]c2n1. The van der Waals surface area contributed by atoms with Crippen LogP contribution in [-0.2, 0) is 6.61 Å². The Morgan fingerprint density at radius 1 is 1.30 bits per heavy atom. The van der Waals surface area contributed by atoms with Crippen LogP contribution in [0.25, 0.3) is 10.3 Å². The highest BCUT2D eigenvalue weighted by Crippen LogP contribution is 2.35. The Morgan fingerprint density at radius 2 is 2.07 bits per heavy atom. The minimum Gasteiger partial charge on any atom is -0.458 e. The zero-order valence-corrected chi connectivity index (χ0v) is 15.9. The summed E-state index contributed by atoms with van der Waals surface area (Å²) in [5, 5.41) is 13.3. The highest BCUT2D eigenvalue weighted by molar-refractivity contribution is 7.17. The molecule has 142 valence electrons. The average Bonchev–Trinajstić information content (AvgIpc) is 3.27. The predicted octanol–water partition coefficient (Wildman–Crippen LogP) is 2.98. The molecule has 0 amide bonds. The smallest absolute Gasteiger partial charge is 0.320 e. The van der Waals surface area contributed by atoms with E-state index in [1.165, 1.54) is 0 Å². The summed E-state index contributed by atoms with van der Waals surface area (Å²) in [5.41, 5.74) is 2.23. The Hall–Kier alpha value is -2.45. The molecular formula is C19H22N4O3S. The maximum absolute atomic E-state index is 11.8. The number of aromatic amines is 1. The molecule has 4 rings (SSSR count). The van der Waals surface area contributed by atoms with Crippen LogP contribution < -0.4 is 14.9 Å². The summed E-state index contributed by atoms with van der Waals surface area (Å²) in [4.78, 5) is 23.2. The molecule has 1 saturated carbocycles. The fourth-order valence-electron chi connectivity index (χ4n) is 3.52. The zero-order valence-electron chi connectivity index (χ0n) is 15.1. The normalized spacial score (nSPS) is 15.9. The second-order valence-corrected chi connectivity index (χ2v) is 8.02. The topological polar surface area (TPSA) is 100 Å². The van der Waals surface area contributed by atoms with Gasteiger partial charge in [0.05, 0.1) is 12.1 Å². The van der Waals surface area contributed by atoms with Crippen molar-refractivity contribution >= 4 is 27.5 Å². The number of hydrogen-bond donors (Lipinski definition) is 3. The number of nitrogens with one attached hydrogen (secondary N) is 2. The molecule has 0 radical (unpaired) electrons. The van der Waals surface area contributed by atoms with Crippen molar-refractivity contribution in [3.05, 3.63) is 45.1 Å². The lowest BCUT2D eigenvalue weighted by molar-refractivity contribution is 0.213. The van der Waals surface area contributed by atoms with E-state index in [0.717, 1.165) is 48.1 Å². The van der Waals surface area contributed by atoms with Crippen LogP contribution in [0.2, 0.25) is 0 Å². The molecule has 8 heteroatoms. The molecule has 7 nitrogen and oxygen atoms in total. The molecule has 0 spiro atoms. The molecule has 0 saturated heterocycles. The van der Waals surface area contributed by atoms with Crippen molar-refractivity contribution in [3.63, 3.8) is 0 Å². The lowest BCUT2D eigenvalue weighted by Crippen LogP contribution is -2.39. The minimum atomic E-state index is -0.401. The number of nitrogens with zero attached hydrogens (tertiary/aromatic N) is 2. The molecule has 27 heavy (non-hydrogen) atoms. The van der Waals surface area contributed by atoms with Crippen LogP contribution in [0.15, 0.2) is 29.1 Å². The van der Waals surface area contributed by atoms with E-state index in [1.807, 2.05) is 31.2 Å². The third-order valence-electron chi connectivity index (χ3n) is 5.13. The van der Waals surface area contributed by atoms with Gasteiger partial charge in [0.25, 0.3) is 0 Å².